The van der Waals surface area contributed by atoms with Crippen molar-refractivity contribution in [3.8, 4) is 5.75 Å². The van der Waals surface area contributed by atoms with E-state index in [1.165, 1.54) is 12.5 Å². The van der Waals surface area contributed by atoms with Crippen molar-refractivity contribution in [2.24, 2.45) is 17.8 Å². The van der Waals surface area contributed by atoms with Gasteiger partial charge in [0.25, 0.3) is 0 Å². The molecule has 0 radical (unpaired) electrons. The van der Waals surface area contributed by atoms with Gasteiger partial charge in [-0.15, -0.1) is 0 Å². The van der Waals surface area contributed by atoms with Gasteiger partial charge in [0.1, 0.15) is 11.6 Å². The molecule has 36 heavy (non-hydrogen) atoms. The number of halogens is 1. The molecule has 0 spiro atoms. The summed E-state index contributed by atoms with van der Waals surface area (Å²) < 4.78 is 25.8. The van der Waals surface area contributed by atoms with Gasteiger partial charge in [0.15, 0.2) is 5.82 Å². The minimum Gasteiger partial charge on any atom is -0.493 e. The van der Waals surface area contributed by atoms with Crippen molar-refractivity contribution in [2.45, 2.75) is 64.4 Å². The molecule has 2 saturated heterocycles. The fourth-order valence-corrected chi connectivity index (χ4v) is 5.61. The first-order chi connectivity index (χ1) is 17.2. The third kappa shape index (κ3) is 5.66. The van der Waals surface area contributed by atoms with E-state index >= 15 is 0 Å². The Kier molecular flexibility index (Phi) is 6.94. The quantitative estimate of drug-likeness (QED) is 0.560. The van der Waals surface area contributed by atoms with E-state index in [9.17, 15) is 14.3 Å². The Morgan fingerprint density at radius 1 is 1.31 bits per heavy atom. The molecule has 8 nitrogen and oxygen atoms in total. The predicted octanol–water partition coefficient (Wildman–Crippen LogP) is 3.79. The molecule has 2 aliphatic heterocycles. The first-order valence-corrected chi connectivity index (χ1v) is 13.2. The standard InChI is InChI=1S/C27H37FN4O4/c1-17(2)25-29-26(36-30-25)31-9-6-18(7-10-31)22-12-19(22)8-11-35-21-5-4-20(23(28)14-21)13-24(33)32-15-27(3,34)16-32/h4-5,14,17-19,22,34H,6-13,15-16H2,1-3H3/t19?,22-/m1/s1. The smallest absolute Gasteiger partial charge is 0.324 e. The lowest BCUT2D eigenvalue weighted by Gasteiger charge is -2.44. The van der Waals surface area contributed by atoms with Gasteiger partial charge < -0.3 is 24.2 Å². The van der Waals surface area contributed by atoms with Crippen LogP contribution >= 0.6 is 0 Å². The minimum atomic E-state index is -0.823. The Balaban J connectivity index is 1.01. The van der Waals surface area contributed by atoms with Crippen LogP contribution in [-0.4, -0.2) is 64.4 Å². The molecule has 5 rings (SSSR count). The number of hydrogen-bond acceptors (Lipinski definition) is 7. The Morgan fingerprint density at radius 3 is 2.69 bits per heavy atom. The minimum absolute atomic E-state index is 0.00382. The first kappa shape index (κ1) is 25.0. The fraction of sp³-hybridized carbons (Fsp3) is 0.667. The molecule has 1 aromatic heterocycles. The van der Waals surface area contributed by atoms with Crippen LogP contribution in [0.5, 0.6) is 5.75 Å². The maximum Gasteiger partial charge on any atom is 0.324 e. The number of carbonyl (C=O) groups excluding carboxylic acids is 1. The van der Waals surface area contributed by atoms with Gasteiger partial charge in [-0.05, 0) is 62.0 Å². The summed E-state index contributed by atoms with van der Waals surface area (Å²) >= 11 is 0. The molecule has 1 N–H and O–H groups in total. The summed E-state index contributed by atoms with van der Waals surface area (Å²) in [5.41, 5.74) is -0.468. The zero-order valence-electron chi connectivity index (χ0n) is 21.5. The van der Waals surface area contributed by atoms with Gasteiger partial charge in [0.05, 0.1) is 31.7 Å². The van der Waals surface area contributed by atoms with Crippen LogP contribution in [-0.2, 0) is 11.2 Å². The molecule has 0 bridgehead atoms. The highest BCUT2D eigenvalue weighted by atomic mass is 19.1. The summed E-state index contributed by atoms with van der Waals surface area (Å²) in [6.45, 7) is 8.89. The van der Waals surface area contributed by atoms with E-state index in [1.807, 2.05) is 0 Å². The van der Waals surface area contributed by atoms with Gasteiger partial charge in [-0.1, -0.05) is 25.1 Å². The van der Waals surface area contributed by atoms with E-state index in [0.717, 1.165) is 50.0 Å². The van der Waals surface area contributed by atoms with Crippen LogP contribution in [0.4, 0.5) is 10.4 Å². The molecular weight excluding hydrogens is 463 g/mol. The molecule has 2 atom stereocenters. The average molecular weight is 501 g/mol. The van der Waals surface area contributed by atoms with Crippen molar-refractivity contribution in [3.63, 3.8) is 0 Å². The Labute approximate surface area is 211 Å². The van der Waals surface area contributed by atoms with Crippen LogP contribution in [0.1, 0.15) is 63.8 Å². The van der Waals surface area contributed by atoms with E-state index in [1.54, 1.807) is 24.0 Å². The predicted molar refractivity (Wildman–Crippen MR) is 132 cm³/mol. The van der Waals surface area contributed by atoms with Crippen molar-refractivity contribution in [1.29, 1.82) is 0 Å². The lowest BCUT2D eigenvalue weighted by atomic mass is 9.90. The summed E-state index contributed by atoms with van der Waals surface area (Å²) in [7, 11) is 0. The maximum atomic E-state index is 14.5. The molecule has 1 saturated carbocycles. The lowest BCUT2D eigenvalue weighted by molar-refractivity contribution is -0.151. The van der Waals surface area contributed by atoms with Crippen LogP contribution in [0, 0.1) is 23.6 Å². The number of rotatable bonds is 9. The Hall–Kier alpha value is -2.68. The maximum absolute atomic E-state index is 14.5. The second kappa shape index (κ2) is 10.00. The monoisotopic (exact) mass is 500 g/mol. The highest BCUT2D eigenvalue weighted by molar-refractivity contribution is 5.80. The van der Waals surface area contributed by atoms with Gasteiger partial charge in [-0.2, -0.15) is 4.98 Å². The molecule has 196 valence electrons. The molecule has 9 heteroatoms. The first-order valence-electron chi connectivity index (χ1n) is 13.2. The fourth-order valence-electron chi connectivity index (χ4n) is 5.61. The summed E-state index contributed by atoms with van der Waals surface area (Å²) in [6, 6.07) is 5.38. The number of amides is 1. The number of hydrogen-bond donors (Lipinski definition) is 1. The van der Waals surface area contributed by atoms with E-state index in [-0.39, 0.29) is 18.2 Å². The third-order valence-electron chi connectivity index (χ3n) is 7.88. The number of ether oxygens (including phenoxy) is 1. The second-order valence-corrected chi connectivity index (χ2v) is 11.4. The van der Waals surface area contributed by atoms with Gasteiger partial charge in [-0.3, -0.25) is 4.79 Å². The molecule has 1 unspecified atom stereocenters. The normalized spacial score (nSPS) is 23.6. The van der Waals surface area contributed by atoms with Crippen LogP contribution in [0.3, 0.4) is 0 Å². The van der Waals surface area contributed by atoms with Crippen LogP contribution in [0.15, 0.2) is 22.7 Å². The largest absolute Gasteiger partial charge is 0.493 e. The van der Waals surface area contributed by atoms with E-state index in [0.29, 0.717) is 42.9 Å². The summed E-state index contributed by atoms with van der Waals surface area (Å²) in [5.74, 6) is 3.08. The number of likely N-dealkylation sites (tertiary alicyclic amines) is 1. The Bertz CT molecular complexity index is 1070. The zero-order valence-corrected chi connectivity index (χ0v) is 21.5. The number of aromatic nitrogens is 2. The molecule has 1 aromatic carbocycles. The number of β-amino-alcohol motifs (C(OH)–C–C–N with tert-alkyl or cyclic N) is 1. The Morgan fingerprint density at radius 2 is 2.06 bits per heavy atom. The highest BCUT2D eigenvalue weighted by Gasteiger charge is 2.43. The van der Waals surface area contributed by atoms with Crippen molar-refractivity contribution < 1.29 is 23.6 Å². The van der Waals surface area contributed by atoms with Crippen molar-refractivity contribution in [3.05, 3.63) is 35.4 Å². The van der Waals surface area contributed by atoms with Gasteiger partial charge in [-0.25, -0.2) is 4.39 Å². The highest BCUT2D eigenvalue weighted by Crippen LogP contribution is 2.50. The molecule has 1 amide bonds. The third-order valence-corrected chi connectivity index (χ3v) is 7.88. The van der Waals surface area contributed by atoms with E-state index in [2.05, 4.69) is 28.9 Å². The van der Waals surface area contributed by atoms with Crippen LogP contribution < -0.4 is 9.64 Å². The number of anilines is 1. The van der Waals surface area contributed by atoms with Crippen molar-refractivity contribution >= 4 is 11.9 Å². The number of piperidine rings is 1. The zero-order chi connectivity index (χ0) is 25.4. The second-order valence-electron chi connectivity index (χ2n) is 11.4. The van der Waals surface area contributed by atoms with Crippen molar-refractivity contribution in [1.82, 2.24) is 15.0 Å². The number of aliphatic hydroxyl groups is 1. The molecule has 3 fully saturated rings. The lowest BCUT2D eigenvalue weighted by Crippen LogP contribution is -2.62. The SMILES string of the molecule is CC(C)c1noc(N2CCC([C@H]3CC3CCOc3ccc(CC(=O)N4CC(C)(O)C4)c(F)c3)CC2)n1. The molecule has 3 heterocycles. The number of benzene rings is 1. The van der Waals surface area contributed by atoms with Crippen LogP contribution in [0.2, 0.25) is 0 Å². The summed E-state index contributed by atoms with van der Waals surface area (Å²) in [6.07, 6.45) is 4.49. The molecule has 3 aliphatic rings. The van der Waals surface area contributed by atoms with Crippen molar-refractivity contribution in [2.75, 3.05) is 37.7 Å². The molecule has 2 aromatic rings. The number of carbonyl (C=O) groups is 1. The van der Waals surface area contributed by atoms with Crippen LogP contribution in [0.25, 0.3) is 0 Å². The van der Waals surface area contributed by atoms with E-state index < -0.39 is 11.4 Å². The topological polar surface area (TPSA) is 91.9 Å². The molecule has 1 aliphatic carbocycles. The van der Waals surface area contributed by atoms with Gasteiger partial charge in [0, 0.05) is 25.1 Å². The van der Waals surface area contributed by atoms with E-state index in [4.69, 9.17) is 9.26 Å². The average Bonchev–Trinajstić information content (AvgIpc) is 3.41. The number of nitrogens with zero attached hydrogens (tertiary/aromatic N) is 4. The summed E-state index contributed by atoms with van der Waals surface area (Å²) in [4.78, 5) is 20.5. The molecular formula is C27H37FN4O4. The summed E-state index contributed by atoms with van der Waals surface area (Å²) in [5, 5.41) is 13.9. The van der Waals surface area contributed by atoms with Gasteiger partial charge >= 0.3 is 6.01 Å². The van der Waals surface area contributed by atoms with Gasteiger partial charge in [0.2, 0.25) is 5.91 Å².